The monoisotopic (exact) mass is 475 g/mol. The van der Waals surface area contributed by atoms with Crippen LogP contribution in [0.4, 0.5) is 5.13 Å². The van der Waals surface area contributed by atoms with Gasteiger partial charge in [-0.2, -0.15) is 0 Å². The molecule has 162 valence electrons. The Morgan fingerprint density at radius 3 is 2.73 bits per heavy atom. The first kappa shape index (κ1) is 22.3. The van der Waals surface area contributed by atoms with Crippen LogP contribution in [0.2, 0.25) is 10.0 Å². The molecule has 1 fully saturated rings. The van der Waals surface area contributed by atoms with Gasteiger partial charge in [-0.1, -0.05) is 39.7 Å². The lowest BCUT2D eigenvalue weighted by Crippen LogP contribution is -2.55. The highest BCUT2D eigenvalue weighted by molar-refractivity contribution is 7.17. The summed E-state index contributed by atoms with van der Waals surface area (Å²) in [4.78, 5) is 33.0. The Morgan fingerprint density at radius 2 is 2.17 bits per heavy atom. The molecule has 13 heteroatoms. The predicted octanol–water partition coefficient (Wildman–Crippen LogP) is 2.62. The number of nitrogens with zero attached hydrogens (tertiary/aromatic N) is 3. The maximum Gasteiger partial charge on any atom is 0.348 e. The van der Waals surface area contributed by atoms with Gasteiger partial charge in [-0.15, -0.1) is 0 Å². The Hall–Kier alpha value is -2.34. The Kier molecular flexibility index (Phi) is 6.86. The van der Waals surface area contributed by atoms with Gasteiger partial charge < -0.3 is 30.3 Å². The van der Waals surface area contributed by atoms with Gasteiger partial charge in [0.25, 0.3) is 5.91 Å². The quantitative estimate of drug-likeness (QED) is 0.285. The number of carbonyl (C=O) groups is 2. The van der Waals surface area contributed by atoms with E-state index in [1.54, 1.807) is 6.92 Å². The third kappa shape index (κ3) is 4.38. The molecule has 10 nitrogen and oxygen atoms in total. The van der Waals surface area contributed by atoms with Crippen LogP contribution in [0, 0.1) is 6.92 Å². The minimum absolute atomic E-state index is 0.0270. The van der Waals surface area contributed by atoms with E-state index in [1.807, 2.05) is 4.90 Å². The second kappa shape index (κ2) is 9.21. The van der Waals surface area contributed by atoms with Crippen molar-refractivity contribution in [1.82, 2.24) is 15.3 Å². The van der Waals surface area contributed by atoms with E-state index in [9.17, 15) is 14.7 Å². The third-order valence-electron chi connectivity index (χ3n) is 4.75. The number of thiazole rings is 1. The van der Waals surface area contributed by atoms with Crippen molar-refractivity contribution in [3.63, 3.8) is 0 Å². The maximum atomic E-state index is 12.6. The maximum absolute atomic E-state index is 12.6. The number of halogens is 2. The fourth-order valence-corrected chi connectivity index (χ4v) is 4.54. The summed E-state index contributed by atoms with van der Waals surface area (Å²) in [7, 11) is 1.53. The van der Waals surface area contributed by atoms with Crippen molar-refractivity contribution in [3.05, 3.63) is 32.0 Å². The van der Waals surface area contributed by atoms with Crippen LogP contribution in [0.15, 0.2) is 5.16 Å². The lowest BCUT2D eigenvalue weighted by atomic mass is 10.0. The zero-order valence-electron chi connectivity index (χ0n) is 16.0. The van der Waals surface area contributed by atoms with Crippen LogP contribution >= 0.6 is 34.5 Å². The number of hydrogen-bond donors (Lipinski definition) is 4. The number of nitrogens with one attached hydrogen (secondary N) is 2. The van der Waals surface area contributed by atoms with Crippen LogP contribution in [0.1, 0.15) is 38.0 Å². The van der Waals surface area contributed by atoms with Gasteiger partial charge in [-0.25, -0.2) is 9.78 Å². The average Bonchev–Trinajstić information content (AvgIpc) is 3.25. The van der Waals surface area contributed by atoms with Gasteiger partial charge in [-0.3, -0.25) is 4.79 Å². The first-order valence-corrected chi connectivity index (χ1v) is 10.4. The van der Waals surface area contributed by atoms with Crippen molar-refractivity contribution in [1.29, 1.82) is 0 Å². The molecule has 4 N–H and O–H groups in total. The molecule has 2 atom stereocenters. The van der Waals surface area contributed by atoms with Crippen molar-refractivity contribution in [2.75, 3.05) is 25.1 Å². The van der Waals surface area contributed by atoms with Crippen LogP contribution in [-0.4, -0.2) is 70.7 Å². The van der Waals surface area contributed by atoms with Crippen molar-refractivity contribution >= 4 is 57.8 Å². The molecule has 30 heavy (non-hydrogen) atoms. The number of aromatic nitrogens is 2. The second-order valence-corrected chi connectivity index (χ2v) is 8.34. The number of aromatic amines is 1. The van der Waals surface area contributed by atoms with E-state index < -0.39 is 5.97 Å². The zero-order chi connectivity index (χ0) is 22.0. The fraction of sp³-hybridized carbons (Fsp3) is 0.412. The molecule has 3 rings (SSSR count). The van der Waals surface area contributed by atoms with Crippen LogP contribution < -0.4 is 10.2 Å². The Bertz CT molecular complexity index is 992. The normalized spacial score (nSPS) is 19.4. The molecule has 0 saturated carbocycles. The van der Waals surface area contributed by atoms with Crippen molar-refractivity contribution < 1.29 is 24.6 Å². The Balaban J connectivity index is 1.73. The van der Waals surface area contributed by atoms with Crippen LogP contribution in [0.3, 0.4) is 0 Å². The lowest BCUT2D eigenvalue weighted by Gasteiger charge is -2.37. The number of hydrogen-bond acceptors (Lipinski definition) is 8. The lowest BCUT2D eigenvalue weighted by molar-refractivity contribution is 0.0540. The highest BCUT2D eigenvalue weighted by atomic mass is 35.5. The van der Waals surface area contributed by atoms with Gasteiger partial charge in [-0.05, 0) is 13.3 Å². The highest BCUT2D eigenvalue weighted by Gasteiger charge is 2.33. The molecule has 2 unspecified atom stereocenters. The number of rotatable bonds is 6. The molecule has 2 aromatic rings. The summed E-state index contributed by atoms with van der Waals surface area (Å²) >= 11 is 13.1. The minimum Gasteiger partial charge on any atom is -0.477 e. The van der Waals surface area contributed by atoms with E-state index in [-0.39, 0.29) is 39.3 Å². The molecule has 0 aliphatic carbocycles. The number of piperidine rings is 1. The standard InChI is InChI=1S/C17H19Cl2N5O5S/c1-7-11(18)12(19)13(21-7)15(25)22-8-3-4-24(6-10(8)29-2)17-23-9(5-20-28)14(30-17)16(26)27/h5,8,10,21,28H,3-4,6H2,1-2H3,(H,22,25)(H,26,27)/b20-5+. The fourth-order valence-electron chi connectivity index (χ4n) is 3.21. The summed E-state index contributed by atoms with van der Waals surface area (Å²) in [6, 6.07) is -0.297. The number of carbonyl (C=O) groups excluding carboxylic acids is 1. The molecule has 2 aromatic heterocycles. The van der Waals surface area contributed by atoms with E-state index in [4.69, 9.17) is 33.1 Å². The molecule has 3 heterocycles. The Labute approximate surface area is 185 Å². The van der Waals surface area contributed by atoms with Crippen LogP contribution in [-0.2, 0) is 4.74 Å². The number of oxime groups is 1. The molecular weight excluding hydrogens is 457 g/mol. The van der Waals surface area contributed by atoms with Crippen LogP contribution in [0.25, 0.3) is 0 Å². The summed E-state index contributed by atoms with van der Waals surface area (Å²) in [5.74, 6) is -1.55. The van der Waals surface area contributed by atoms with Gasteiger partial charge in [0.15, 0.2) is 5.13 Å². The first-order valence-electron chi connectivity index (χ1n) is 8.80. The second-order valence-electron chi connectivity index (χ2n) is 6.60. The molecule has 0 aromatic carbocycles. The largest absolute Gasteiger partial charge is 0.477 e. The third-order valence-corrected chi connectivity index (χ3v) is 6.81. The van der Waals surface area contributed by atoms with E-state index in [0.29, 0.717) is 35.4 Å². The summed E-state index contributed by atoms with van der Waals surface area (Å²) in [5.41, 5.74) is 0.864. The molecule has 1 saturated heterocycles. The van der Waals surface area contributed by atoms with Gasteiger partial charge in [0, 0.05) is 25.9 Å². The minimum atomic E-state index is -1.16. The smallest absolute Gasteiger partial charge is 0.348 e. The van der Waals surface area contributed by atoms with Gasteiger partial charge in [0.2, 0.25) is 0 Å². The predicted molar refractivity (Wildman–Crippen MR) is 113 cm³/mol. The van der Waals surface area contributed by atoms with Crippen molar-refractivity contribution in [2.24, 2.45) is 5.16 Å². The Morgan fingerprint density at radius 1 is 1.43 bits per heavy atom. The summed E-state index contributed by atoms with van der Waals surface area (Å²) in [6.45, 7) is 2.60. The van der Waals surface area contributed by atoms with E-state index in [0.717, 1.165) is 17.6 Å². The number of aromatic carboxylic acids is 1. The highest BCUT2D eigenvalue weighted by Crippen LogP contribution is 2.31. The van der Waals surface area contributed by atoms with Gasteiger partial charge >= 0.3 is 5.97 Å². The first-order chi connectivity index (χ1) is 14.3. The van der Waals surface area contributed by atoms with E-state index in [2.05, 4.69) is 20.4 Å². The number of aryl methyl sites for hydroxylation is 1. The number of carboxylic acids is 1. The SMILES string of the molecule is COC1CN(c2nc(/C=N/O)c(C(=O)O)s2)CCC1NC(=O)c1[nH]c(C)c(Cl)c1Cl. The average molecular weight is 476 g/mol. The molecule has 0 bridgehead atoms. The molecule has 0 radical (unpaired) electrons. The summed E-state index contributed by atoms with van der Waals surface area (Å²) in [6.07, 6.45) is 1.14. The molecule has 0 spiro atoms. The van der Waals surface area contributed by atoms with E-state index in [1.165, 1.54) is 7.11 Å². The number of amides is 1. The number of H-pyrrole nitrogens is 1. The van der Waals surface area contributed by atoms with Crippen molar-refractivity contribution in [2.45, 2.75) is 25.5 Å². The van der Waals surface area contributed by atoms with Crippen molar-refractivity contribution in [3.8, 4) is 0 Å². The number of ether oxygens (including phenoxy) is 1. The van der Waals surface area contributed by atoms with Gasteiger partial charge in [0.1, 0.15) is 16.3 Å². The zero-order valence-corrected chi connectivity index (χ0v) is 18.3. The summed E-state index contributed by atoms with van der Waals surface area (Å²) < 4.78 is 5.55. The molecule has 1 aliphatic heterocycles. The number of carboxylic acid groups (broad SMARTS) is 1. The van der Waals surface area contributed by atoms with Crippen LogP contribution in [0.5, 0.6) is 0 Å². The molecule has 1 amide bonds. The summed E-state index contributed by atoms with van der Waals surface area (Å²) in [5, 5.41) is 24.7. The number of methoxy groups -OCH3 is 1. The van der Waals surface area contributed by atoms with E-state index >= 15 is 0 Å². The number of anilines is 1. The topological polar surface area (TPSA) is 140 Å². The molecule has 1 aliphatic rings. The molecular formula is C17H19Cl2N5O5S. The van der Waals surface area contributed by atoms with Gasteiger partial charge in [0.05, 0.1) is 28.4 Å².